The molecule has 0 unspecified atom stereocenters. The second kappa shape index (κ2) is 4.38. The number of benzene rings is 2. The Morgan fingerprint density at radius 3 is 2.47 bits per heavy atom. The monoisotopic (exact) mass is 246 g/mol. The van der Waals surface area contributed by atoms with Gasteiger partial charge in [-0.25, -0.2) is 0 Å². The van der Waals surface area contributed by atoms with E-state index in [1.807, 2.05) is 0 Å². The van der Waals surface area contributed by atoms with Crippen LogP contribution in [0, 0.1) is 10.4 Å². The first kappa shape index (κ1) is 11.0. The van der Waals surface area contributed by atoms with E-state index in [1.54, 1.807) is 5.57 Å². The topological polar surface area (TPSA) is 0 Å². The summed E-state index contributed by atoms with van der Waals surface area (Å²) in [5.41, 5.74) is 3.06. The van der Waals surface area contributed by atoms with Crippen molar-refractivity contribution in [2.45, 2.75) is 32.1 Å². The highest BCUT2D eigenvalue weighted by molar-refractivity contribution is 5.57. The van der Waals surface area contributed by atoms with Gasteiger partial charge in [-0.15, -0.1) is 0 Å². The molecule has 1 saturated carbocycles. The summed E-state index contributed by atoms with van der Waals surface area (Å²) in [4.78, 5) is 0. The number of rotatable bonds is 0. The summed E-state index contributed by atoms with van der Waals surface area (Å²) in [6.07, 6.45) is 9.08. The van der Waals surface area contributed by atoms with Gasteiger partial charge in [-0.05, 0) is 64.3 Å². The molecule has 0 spiro atoms. The molecule has 0 aliphatic heterocycles. The summed E-state index contributed by atoms with van der Waals surface area (Å²) in [6.45, 7) is 0. The molecular formula is C19H18. The molecule has 0 N–H and O–H groups in total. The summed E-state index contributed by atoms with van der Waals surface area (Å²) in [5, 5.41) is 5.62. The van der Waals surface area contributed by atoms with Crippen molar-refractivity contribution in [3.63, 3.8) is 0 Å². The van der Waals surface area contributed by atoms with E-state index >= 15 is 0 Å². The van der Waals surface area contributed by atoms with Gasteiger partial charge in [0.25, 0.3) is 0 Å². The lowest BCUT2D eigenvalue weighted by Crippen LogP contribution is -2.09. The smallest absolute Gasteiger partial charge is 0.0105 e. The van der Waals surface area contributed by atoms with Crippen molar-refractivity contribution < 1.29 is 0 Å². The fraction of sp³-hybridized carbons (Fsp3) is 0.263. The van der Waals surface area contributed by atoms with Crippen LogP contribution in [0.2, 0.25) is 0 Å². The average molecular weight is 246 g/mol. The molecule has 4 rings (SSSR count). The minimum Gasteiger partial charge on any atom is -0.0629 e. The lowest BCUT2D eigenvalue weighted by Gasteiger charge is -2.13. The molecule has 0 radical (unpaired) electrons. The van der Waals surface area contributed by atoms with Gasteiger partial charge in [0, 0.05) is 0 Å². The Bertz CT molecular complexity index is 832. The van der Waals surface area contributed by atoms with Crippen LogP contribution >= 0.6 is 0 Å². The van der Waals surface area contributed by atoms with E-state index in [2.05, 4.69) is 48.5 Å². The molecule has 0 heteroatoms. The molecule has 0 amide bonds. The van der Waals surface area contributed by atoms with Gasteiger partial charge in [-0.3, -0.25) is 0 Å². The molecule has 2 aromatic carbocycles. The first-order valence-electron chi connectivity index (χ1n) is 7.35. The van der Waals surface area contributed by atoms with E-state index in [0.717, 1.165) is 0 Å². The van der Waals surface area contributed by atoms with Gasteiger partial charge >= 0.3 is 0 Å². The summed E-state index contributed by atoms with van der Waals surface area (Å²) < 4.78 is 0. The van der Waals surface area contributed by atoms with Crippen LogP contribution in [0.15, 0.2) is 42.5 Å². The maximum absolute atomic E-state index is 2.40. The van der Waals surface area contributed by atoms with Crippen LogP contribution in [0.5, 0.6) is 0 Å². The van der Waals surface area contributed by atoms with E-state index in [0.29, 0.717) is 0 Å². The Kier molecular flexibility index (Phi) is 2.55. The fourth-order valence-corrected chi connectivity index (χ4v) is 3.45. The average Bonchev–Trinajstić information content (AvgIpc) is 2.86. The van der Waals surface area contributed by atoms with Crippen molar-refractivity contribution in [1.29, 1.82) is 0 Å². The molecule has 2 aliphatic carbocycles. The van der Waals surface area contributed by atoms with Gasteiger partial charge in [0.15, 0.2) is 0 Å². The highest BCUT2D eigenvalue weighted by Crippen LogP contribution is 2.22. The fourth-order valence-electron chi connectivity index (χ4n) is 3.45. The Balaban J connectivity index is 1.99. The molecule has 0 bridgehead atoms. The van der Waals surface area contributed by atoms with Gasteiger partial charge in [-0.1, -0.05) is 48.4 Å². The molecule has 2 aliphatic rings. The SMILES string of the molecule is C1=c2ccccc2=c2ccc(=C3CCCCC3)cc21. The van der Waals surface area contributed by atoms with Crippen molar-refractivity contribution in [2.24, 2.45) is 0 Å². The molecule has 94 valence electrons. The van der Waals surface area contributed by atoms with Crippen molar-refractivity contribution in [3.05, 3.63) is 68.9 Å². The lowest BCUT2D eigenvalue weighted by atomic mass is 9.92. The van der Waals surface area contributed by atoms with Gasteiger partial charge in [-0.2, -0.15) is 0 Å². The normalized spacial score (nSPS) is 16.7. The molecule has 19 heavy (non-hydrogen) atoms. The van der Waals surface area contributed by atoms with Gasteiger partial charge in [0.2, 0.25) is 0 Å². The number of fused-ring (bicyclic) bond motifs is 2. The first-order chi connectivity index (χ1) is 9.42. The molecular weight excluding hydrogens is 228 g/mol. The number of hydrogen-bond acceptors (Lipinski definition) is 0. The third-order valence-corrected chi connectivity index (χ3v) is 4.48. The van der Waals surface area contributed by atoms with Crippen LogP contribution in [-0.4, -0.2) is 0 Å². The van der Waals surface area contributed by atoms with Crippen LogP contribution < -0.4 is 10.4 Å². The predicted octanol–water partition coefficient (Wildman–Crippen LogP) is 3.23. The Morgan fingerprint density at radius 2 is 1.58 bits per heavy atom. The van der Waals surface area contributed by atoms with Gasteiger partial charge < -0.3 is 0 Å². The molecule has 2 aromatic rings. The van der Waals surface area contributed by atoms with Crippen LogP contribution in [0.4, 0.5) is 0 Å². The zero-order chi connectivity index (χ0) is 12.7. The van der Waals surface area contributed by atoms with Crippen molar-refractivity contribution >= 4 is 11.6 Å². The predicted molar refractivity (Wildman–Crippen MR) is 79.9 cm³/mol. The maximum atomic E-state index is 2.40. The summed E-state index contributed by atoms with van der Waals surface area (Å²) in [6, 6.07) is 15.7. The minimum atomic E-state index is 1.30. The van der Waals surface area contributed by atoms with E-state index in [9.17, 15) is 0 Å². The third-order valence-electron chi connectivity index (χ3n) is 4.48. The molecule has 0 aromatic heterocycles. The molecule has 1 fully saturated rings. The molecule has 0 atom stereocenters. The highest BCUT2D eigenvalue weighted by atomic mass is 14.1. The zero-order valence-corrected chi connectivity index (χ0v) is 11.2. The quantitative estimate of drug-likeness (QED) is 0.571. The number of hydrogen-bond donors (Lipinski definition) is 0. The molecule has 0 saturated heterocycles. The molecule has 0 heterocycles. The third kappa shape index (κ3) is 1.83. The Hall–Kier alpha value is -1.82. The Morgan fingerprint density at radius 1 is 0.737 bits per heavy atom. The van der Waals surface area contributed by atoms with E-state index in [1.165, 1.54) is 58.5 Å². The maximum Gasteiger partial charge on any atom is -0.0105 e. The summed E-state index contributed by atoms with van der Waals surface area (Å²) in [5.74, 6) is 0. The second-order valence-electron chi connectivity index (χ2n) is 5.70. The van der Waals surface area contributed by atoms with E-state index < -0.39 is 0 Å². The molecule has 0 nitrogen and oxygen atoms in total. The van der Waals surface area contributed by atoms with E-state index in [-0.39, 0.29) is 0 Å². The first-order valence-corrected chi connectivity index (χ1v) is 7.35. The van der Waals surface area contributed by atoms with Crippen molar-refractivity contribution in [3.8, 4) is 0 Å². The van der Waals surface area contributed by atoms with Crippen molar-refractivity contribution in [1.82, 2.24) is 0 Å². The van der Waals surface area contributed by atoms with E-state index in [4.69, 9.17) is 0 Å². The minimum absolute atomic E-state index is 1.30. The highest BCUT2D eigenvalue weighted by Gasteiger charge is 2.07. The van der Waals surface area contributed by atoms with Crippen LogP contribution in [0.25, 0.3) is 11.6 Å². The summed E-state index contributed by atoms with van der Waals surface area (Å²) in [7, 11) is 0. The van der Waals surface area contributed by atoms with Gasteiger partial charge in [0.05, 0.1) is 0 Å². The van der Waals surface area contributed by atoms with Crippen molar-refractivity contribution in [2.75, 3.05) is 0 Å². The van der Waals surface area contributed by atoms with Crippen LogP contribution in [0.1, 0.15) is 37.7 Å². The van der Waals surface area contributed by atoms with Crippen LogP contribution in [-0.2, 0) is 0 Å². The summed E-state index contributed by atoms with van der Waals surface area (Å²) >= 11 is 0. The van der Waals surface area contributed by atoms with Crippen LogP contribution in [0.3, 0.4) is 0 Å². The van der Waals surface area contributed by atoms with Gasteiger partial charge in [0.1, 0.15) is 0 Å². The lowest BCUT2D eigenvalue weighted by molar-refractivity contribution is 0.643. The second-order valence-corrected chi connectivity index (χ2v) is 5.70. The Labute approximate surface area is 113 Å². The zero-order valence-electron chi connectivity index (χ0n) is 11.2. The standard InChI is InChI=1S/C19H18/c1-2-6-14(7-3-1)15-10-11-19-17(12-15)13-16-8-4-5-9-18(16)19/h4-5,8-13H,1-3,6-7H2. The largest absolute Gasteiger partial charge is 0.0629 e.